The van der Waals surface area contributed by atoms with Gasteiger partial charge in [0.25, 0.3) is 21.8 Å². The SMILES string of the molecule is NS(=O)(=O)Cl.O=C=NS(=O)(=O)Cl.O=CO. The van der Waals surface area contributed by atoms with Gasteiger partial charge in [-0.1, -0.05) is 4.40 Å². The topological polar surface area (TPSA) is 161 Å². The van der Waals surface area contributed by atoms with E-state index in [9.17, 15) is 16.8 Å². The van der Waals surface area contributed by atoms with Crippen molar-refractivity contribution in [2.75, 3.05) is 0 Å². The smallest absolute Gasteiger partial charge is 0.350 e. The summed E-state index contributed by atoms with van der Waals surface area (Å²) in [5, 5.41) is 11.0. The first-order valence-electron chi connectivity index (χ1n) is 2.32. The number of nitrogens with zero attached hydrogens (tertiary/aromatic N) is 1. The van der Waals surface area contributed by atoms with Crippen LogP contribution in [0.1, 0.15) is 0 Å². The highest BCUT2D eigenvalue weighted by molar-refractivity contribution is 8.12. The molecular formula is C2H4Cl2N2O7S2. The van der Waals surface area contributed by atoms with Gasteiger partial charge in [-0.25, -0.2) is 9.93 Å². The number of carbonyl (C=O) groups excluding carboxylic acids is 1. The first-order chi connectivity index (χ1) is 6.47. The molecule has 3 N–H and O–H groups in total. The maximum atomic E-state index is 9.57. The molecule has 0 unspecified atom stereocenters. The Kier molecular flexibility index (Phi) is 13.0. The average molecular weight is 303 g/mol. The molecule has 0 aromatic heterocycles. The van der Waals surface area contributed by atoms with Gasteiger partial charge in [0, 0.05) is 21.4 Å². The summed E-state index contributed by atoms with van der Waals surface area (Å²) in [5.41, 5.74) is 0. The maximum absolute atomic E-state index is 9.57. The van der Waals surface area contributed by atoms with E-state index in [1.165, 1.54) is 0 Å². The van der Waals surface area contributed by atoms with E-state index in [0.717, 1.165) is 6.08 Å². The van der Waals surface area contributed by atoms with Gasteiger partial charge in [-0.2, -0.15) is 16.8 Å². The number of isocyanates is 1. The second-order valence-corrected chi connectivity index (χ2v) is 5.59. The van der Waals surface area contributed by atoms with E-state index in [4.69, 9.17) is 14.7 Å². The number of rotatable bonds is 1. The van der Waals surface area contributed by atoms with Gasteiger partial charge in [-0.05, 0) is 0 Å². The van der Waals surface area contributed by atoms with Crippen LogP contribution in [0.5, 0.6) is 0 Å². The van der Waals surface area contributed by atoms with Crippen LogP contribution in [0.3, 0.4) is 0 Å². The molecular weight excluding hydrogens is 299 g/mol. The van der Waals surface area contributed by atoms with Crippen molar-refractivity contribution in [2.24, 2.45) is 9.54 Å². The average Bonchev–Trinajstić information content (AvgIpc) is 1.80. The minimum Gasteiger partial charge on any atom is -0.483 e. The Morgan fingerprint density at radius 3 is 1.47 bits per heavy atom. The summed E-state index contributed by atoms with van der Waals surface area (Å²) in [7, 11) is 0.961. The molecule has 0 amide bonds. The van der Waals surface area contributed by atoms with E-state index in [2.05, 4.69) is 30.9 Å². The van der Waals surface area contributed by atoms with Crippen molar-refractivity contribution in [3.05, 3.63) is 0 Å². The van der Waals surface area contributed by atoms with Crippen molar-refractivity contribution >= 4 is 52.4 Å². The van der Waals surface area contributed by atoms with Gasteiger partial charge in [0.05, 0.1) is 0 Å². The molecule has 9 nitrogen and oxygen atoms in total. The van der Waals surface area contributed by atoms with Gasteiger partial charge < -0.3 is 5.11 Å². The third kappa shape index (κ3) is 157. The lowest BCUT2D eigenvalue weighted by atomic mass is 11.7. The summed E-state index contributed by atoms with van der Waals surface area (Å²) in [6.45, 7) is -0.250. The minimum absolute atomic E-state index is 0.250. The fourth-order valence-corrected chi connectivity index (χ4v) is 0.218. The maximum Gasteiger partial charge on any atom is 0.350 e. The first-order valence-corrected chi connectivity index (χ1v) is 6.95. The molecule has 13 heteroatoms. The Morgan fingerprint density at radius 1 is 1.27 bits per heavy atom. The first kappa shape index (κ1) is 19.8. The lowest BCUT2D eigenvalue weighted by molar-refractivity contribution is -0.122. The van der Waals surface area contributed by atoms with E-state index in [-0.39, 0.29) is 6.47 Å². The second kappa shape index (κ2) is 9.83. The van der Waals surface area contributed by atoms with Crippen molar-refractivity contribution in [1.82, 2.24) is 0 Å². The summed E-state index contributed by atoms with van der Waals surface area (Å²) >= 11 is 0. The number of carboxylic acid groups (broad SMARTS) is 1. The molecule has 15 heavy (non-hydrogen) atoms. The van der Waals surface area contributed by atoms with Crippen LogP contribution in [0.4, 0.5) is 0 Å². The summed E-state index contributed by atoms with van der Waals surface area (Å²) in [5.74, 6) is 0. The van der Waals surface area contributed by atoms with Crippen molar-refractivity contribution in [3.63, 3.8) is 0 Å². The highest BCUT2D eigenvalue weighted by Gasteiger charge is 1.95. The molecule has 0 spiro atoms. The van der Waals surface area contributed by atoms with E-state index in [1.54, 1.807) is 0 Å². The molecule has 0 aliphatic heterocycles. The molecule has 0 bridgehead atoms. The molecule has 0 saturated heterocycles. The highest BCUT2D eigenvalue weighted by Crippen LogP contribution is 1.93. The van der Waals surface area contributed by atoms with E-state index >= 15 is 0 Å². The van der Waals surface area contributed by atoms with Crippen molar-refractivity contribution in [1.29, 1.82) is 0 Å². The van der Waals surface area contributed by atoms with Gasteiger partial charge in [0.1, 0.15) is 0 Å². The normalized spacial score (nSPS) is 9.27. The summed E-state index contributed by atoms with van der Waals surface area (Å²) < 4.78 is 39.7. The quantitative estimate of drug-likeness (QED) is 0.270. The predicted octanol–water partition coefficient (Wildman–Crippen LogP) is -1.06. The number of hydrogen-bond acceptors (Lipinski definition) is 6. The Hall–Kier alpha value is -0.710. The summed E-state index contributed by atoms with van der Waals surface area (Å²) in [4.78, 5) is 17.4. The van der Waals surface area contributed by atoms with Crippen LogP contribution in [-0.2, 0) is 28.1 Å². The van der Waals surface area contributed by atoms with Crippen molar-refractivity contribution in [3.8, 4) is 0 Å². The molecule has 0 heterocycles. The van der Waals surface area contributed by atoms with Crippen LogP contribution in [0.2, 0.25) is 0 Å². The van der Waals surface area contributed by atoms with Gasteiger partial charge >= 0.3 is 9.24 Å². The van der Waals surface area contributed by atoms with Gasteiger partial charge in [0.15, 0.2) is 0 Å². The lowest BCUT2D eigenvalue weighted by Crippen LogP contribution is -2.00. The van der Waals surface area contributed by atoms with Crippen LogP contribution in [0.25, 0.3) is 0 Å². The monoisotopic (exact) mass is 302 g/mol. The van der Waals surface area contributed by atoms with Crippen LogP contribution in [0, 0.1) is 0 Å². The Morgan fingerprint density at radius 2 is 1.47 bits per heavy atom. The number of carbonyl (C=O) groups is 1. The molecule has 0 aromatic rings. The van der Waals surface area contributed by atoms with Gasteiger partial charge in [-0.3, -0.25) is 4.79 Å². The third-order valence-corrected chi connectivity index (χ3v) is 0.646. The van der Waals surface area contributed by atoms with E-state index in [0.29, 0.717) is 0 Å². The largest absolute Gasteiger partial charge is 0.483 e. The van der Waals surface area contributed by atoms with Gasteiger partial charge in [0.2, 0.25) is 0 Å². The predicted molar refractivity (Wildman–Crippen MR) is 50.5 cm³/mol. The Balaban J connectivity index is -0.000000158. The molecule has 90 valence electrons. The molecule has 0 atom stereocenters. The van der Waals surface area contributed by atoms with Crippen LogP contribution < -0.4 is 5.14 Å². The number of nitrogens with two attached hydrogens (primary N) is 1. The fraction of sp³-hybridized carbons (Fsp3) is 0. The lowest BCUT2D eigenvalue weighted by Gasteiger charge is -1.67. The Bertz CT molecular complexity index is 398. The zero-order chi connectivity index (χ0) is 13.1. The molecule has 0 aliphatic rings. The van der Waals surface area contributed by atoms with E-state index < -0.39 is 18.5 Å². The second-order valence-electron chi connectivity index (χ2n) is 1.18. The zero-order valence-electron chi connectivity index (χ0n) is 6.57. The third-order valence-electron chi connectivity index (χ3n) is 0.146. The van der Waals surface area contributed by atoms with E-state index in [1.807, 2.05) is 0 Å². The number of halogens is 2. The van der Waals surface area contributed by atoms with Crippen molar-refractivity contribution in [2.45, 2.75) is 0 Å². The molecule has 0 aliphatic carbocycles. The highest BCUT2D eigenvalue weighted by atomic mass is 35.7. The van der Waals surface area contributed by atoms with Crippen LogP contribution >= 0.6 is 21.4 Å². The Labute approximate surface area is 93.6 Å². The summed E-state index contributed by atoms with van der Waals surface area (Å²) in [6, 6.07) is 0. The van der Waals surface area contributed by atoms with Crippen LogP contribution in [0.15, 0.2) is 4.40 Å². The fourth-order valence-electron chi connectivity index (χ4n) is 0.0445. The zero-order valence-corrected chi connectivity index (χ0v) is 9.72. The molecule has 0 saturated carbocycles. The summed E-state index contributed by atoms with van der Waals surface area (Å²) in [6.07, 6.45) is 0.763. The van der Waals surface area contributed by atoms with Crippen molar-refractivity contribution < 1.29 is 31.5 Å². The molecule has 0 radical (unpaired) electrons. The standard InChI is InChI=1S/CClNO3S.CH2O2.ClH2NO2S/c2-7(5,6)3-1-4;2-1-3;1-5(2,3)4/h;1H,(H,2,3);(H2,2,3,4). The van der Waals surface area contributed by atoms with Gasteiger partial charge in [-0.15, -0.1) is 0 Å². The molecule has 0 fully saturated rings. The molecule has 0 rings (SSSR count). The minimum atomic E-state index is -4.00. The molecule has 0 aromatic carbocycles. The number of hydrogen-bond donors (Lipinski definition) is 2. The van der Waals surface area contributed by atoms with Crippen LogP contribution in [-0.4, -0.2) is 34.5 Å².